The van der Waals surface area contributed by atoms with Gasteiger partial charge in [-0.2, -0.15) is 4.98 Å². The first-order valence-electron chi connectivity index (χ1n) is 11.5. The summed E-state index contributed by atoms with van der Waals surface area (Å²) < 4.78 is 38.7. The lowest BCUT2D eigenvalue weighted by atomic mass is 10.1. The molecule has 11 heteroatoms. The van der Waals surface area contributed by atoms with Crippen molar-refractivity contribution in [3.05, 3.63) is 36.0 Å². The van der Waals surface area contributed by atoms with Gasteiger partial charge in [-0.15, -0.1) is 5.10 Å². The van der Waals surface area contributed by atoms with Gasteiger partial charge in [0.15, 0.2) is 5.82 Å². The van der Waals surface area contributed by atoms with Crippen molar-refractivity contribution in [3.63, 3.8) is 0 Å². The van der Waals surface area contributed by atoms with Gasteiger partial charge in [0.2, 0.25) is 17.7 Å². The molecule has 1 aromatic carbocycles. The number of halogens is 2. The summed E-state index contributed by atoms with van der Waals surface area (Å²) >= 11 is 0. The maximum Gasteiger partial charge on any atom is 0.244 e. The summed E-state index contributed by atoms with van der Waals surface area (Å²) in [6.07, 6.45) is 0.477. The molecule has 5 rings (SSSR count). The van der Waals surface area contributed by atoms with Crippen LogP contribution in [0.25, 0.3) is 27.7 Å². The number of likely N-dealkylation sites (tertiary alicyclic amines) is 1. The van der Waals surface area contributed by atoms with E-state index in [9.17, 15) is 9.18 Å². The standard InChI is InChI=1S/C24H27F2N7O2/c1-12(2)33-13(3)27-21-17(25)8-15(9-20(21)33)16-6-7-32-22(16)23(35-5)29-24(30-32)28-19-11-31(14(4)34)10-18(19)26/h6-9,12,18-19H,10-11H2,1-5H3,(H,28,30)/t18-,19+/m0/s1. The molecular weight excluding hydrogens is 456 g/mol. The molecule has 1 saturated heterocycles. The van der Waals surface area contributed by atoms with E-state index >= 15 is 4.39 Å². The quantitative estimate of drug-likeness (QED) is 0.465. The summed E-state index contributed by atoms with van der Waals surface area (Å²) in [4.78, 5) is 21.9. The van der Waals surface area contributed by atoms with Gasteiger partial charge in [0.1, 0.15) is 23.0 Å². The summed E-state index contributed by atoms with van der Waals surface area (Å²) in [5.74, 6) is 0.575. The molecule has 4 heterocycles. The number of hydrogen-bond acceptors (Lipinski definition) is 6. The fourth-order valence-corrected chi connectivity index (χ4v) is 4.83. The number of methoxy groups -OCH3 is 1. The van der Waals surface area contributed by atoms with E-state index in [-0.39, 0.29) is 36.9 Å². The lowest BCUT2D eigenvalue weighted by molar-refractivity contribution is -0.128. The molecule has 0 saturated carbocycles. The van der Waals surface area contributed by atoms with E-state index in [4.69, 9.17) is 4.74 Å². The van der Waals surface area contributed by atoms with Crippen LogP contribution in [0.15, 0.2) is 24.4 Å². The van der Waals surface area contributed by atoms with Crippen molar-refractivity contribution in [3.8, 4) is 17.0 Å². The van der Waals surface area contributed by atoms with Crippen LogP contribution in [0.1, 0.15) is 32.6 Å². The number of amides is 1. The molecule has 3 aromatic heterocycles. The number of alkyl halides is 1. The molecule has 0 aliphatic carbocycles. The molecule has 1 fully saturated rings. The molecule has 1 aliphatic heterocycles. The van der Waals surface area contributed by atoms with Gasteiger partial charge in [-0.05, 0) is 44.5 Å². The van der Waals surface area contributed by atoms with Crippen molar-refractivity contribution in [1.82, 2.24) is 29.0 Å². The number of anilines is 1. The minimum absolute atomic E-state index is 0.0283. The highest BCUT2D eigenvalue weighted by Gasteiger charge is 2.35. The van der Waals surface area contributed by atoms with E-state index in [2.05, 4.69) is 20.4 Å². The van der Waals surface area contributed by atoms with Crippen molar-refractivity contribution in [2.75, 3.05) is 25.5 Å². The highest BCUT2D eigenvalue weighted by Crippen LogP contribution is 2.35. The second-order valence-electron chi connectivity index (χ2n) is 9.11. The second-order valence-corrected chi connectivity index (χ2v) is 9.11. The van der Waals surface area contributed by atoms with Crippen LogP contribution in [-0.4, -0.2) is 67.4 Å². The smallest absolute Gasteiger partial charge is 0.244 e. The first-order valence-corrected chi connectivity index (χ1v) is 11.5. The maximum absolute atomic E-state index is 15.1. The average Bonchev–Trinajstić information content (AvgIpc) is 3.48. The third-order valence-corrected chi connectivity index (χ3v) is 6.43. The van der Waals surface area contributed by atoms with Crippen LogP contribution in [0, 0.1) is 12.7 Å². The lowest BCUT2D eigenvalue weighted by Gasteiger charge is -2.16. The molecule has 0 spiro atoms. The van der Waals surface area contributed by atoms with Gasteiger partial charge >= 0.3 is 0 Å². The zero-order valence-electron chi connectivity index (χ0n) is 20.2. The molecule has 2 atom stereocenters. The predicted octanol–water partition coefficient (Wildman–Crippen LogP) is 3.76. The van der Waals surface area contributed by atoms with Gasteiger partial charge < -0.3 is 19.5 Å². The van der Waals surface area contributed by atoms with E-state index in [1.807, 2.05) is 37.5 Å². The van der Waals surface area contributed by atoms with Gasteiger partial charge in [0, 0.05) is 31.3 Å². The molecule has 0 bridgehead atoms. The zero-order valence-corrected chi connectivity index (χ0v) is 20.2. The summed E-state index contributed by atoms with van der Waals surface area (Å²) in [7, 11) is 1.48. The van der Waals surface area contributed by atoms with E-state index < -0.39 is 18.0 Å². The average molecular weight is 484 g/mol. The van der Waals surface area contributed by atoms with Crippen LogP contribution in [0.3, 0.4) is 0 Å². The number of carbonyl (C=O) groups excluding carboxylic acids is 1. The molecule has 0 radical (unpaired) electrons. The van der Waals surface area contributed by atoms with Gasteiger partial charge in [-0.1, -0.05) is 0 Å². The first-order chi connectivity index (χ1) is 16.7. The molecule has 184 valence electrons. The third-order valence-electron chi connectivity index (χ3n) is 6.43. The van der Waals surface area contributed by atoms with Gasteiger partial charge in [0.05, 0.1) is 25.2 Å². The fourth-order valence-electron chi connectivity index (χ4n) is 4.83. The summed E-state index contributed by atoms with van der Waals surface area (Å²) in [6, 6.07) is 4.64. The SMILES string of the molecule is COc1nc(N[C@@H]2CN(C(C)=O)C[C@@H]2F)nn2ccc(-c3cc(F)c4nc(C)n(C(C)C)c4c3)c12. The first kappa shape index (κ1) is 23.0. The van der Waals surface area contributed by atoms with Crippen molar-refractivity contribution in [2.24, 2.45) is 0 Å². The Morgan fingerprint density at radius 2 is 2.03 bits per heavy atom. The number of ether oxygens (including phenoxy) is 1. The number of fused-ring (bicyclic) bond motifs is 2. The Bertz CT molecular complexity index is 1450. The number of nitrogens with one attached hydrogen (secondary N) is 1. The van der Waals surface area contributed by atoms with Crippen molar-refractivity contribution >= 4 is 28.4 Å². The van der Waals surface area contributed by atoms with E-state index in [1.54, 1.807) is 10.7 Å². The molecule has 35 heavy (non-hydrogen) atoms. The predicted molar refractivity (Wildman–Crippen MR) is 128 cm³/mol. The number of rotatable bonds is 5. The number of aryl methyl sites for hydroxylation is 1. The number of aromatic nitrogens is 5. The van der Waals surface area contributed by atoms with Crippen molar-refractivity contribution in [2.45, 2.75) is 46.0 Å². The highest BCUT2D eigenvalue weighted by molar-refractivity contribution is 5.90. The molecule has 1 amide bonds. The Balaban J connectivity index is 1.56. The zero-order chi connectivity index (χ0) is 25.0. The van der Waals surface area contributed by atoms with E-state index in [0.29, 0.717) is 27.7 Å². The minimum Gasteiger partial charge on any atom is -0.479 e. The number of nitrogens with zero attached hydrogens (tertiary/aromatic N) is 6. The molecule has 9 nitrogen and oxygen atoms in total. The number of imidazole rings is 1. The molecule has 1 N–H and O–H groups in total. The number of carbonyl (C=O) groups is 1. The van der Waals surface area contributed by atoms with Gasteiger partial charge in [-0.3, -0.25) is 4.79 Å². The molecule has 4 aromatic rings. The molecular formula is C24H27F2N7O2. The van der Waals surface area contributed by atoms with Gasteiger partial charge in [0.25, 0.3) is 0 Å². The van der Waals surface area contributed by atoms with Crippen LogP contribution in [0.5, 0.6) is 5.88 Å². The van der Waals surface area contributed by atoms with Crippen molar-refractivity contribution < 1.29 is 18.3 Å². The number of hydrogen-bond donors (Lipinski definition) is 1. The molecule has 1 aliphatic rings. The Labute approximate surface area is 200 Å². The summed E-state index contributed by atoms with van der Waals surface area (Å²) in [5, 5.41) is 7.45. The van der Waals surface area contributed by atoms with Crippen LogP contribution >= 0.6 is 0 Å². The van der Waals surface area contributed by atoms with Crippen molar-refractivity contribution in [1.29, 1.82) is 0 Å². The Hall–Kier alpha value is -3.76. The highest BCUT2D eigenvalue weighted by atomic mass is 19.1. The van der Waals surface area contributed by atoms with E-state index in [1.165, 1.54) is 25.0 Å². The lowest BCUT2D eigenvalue weighted by Crippen LogP contribution is -2.32. The Kier molecular flexibility index (Phi) is 5.57. The number of benzene rings is 1. The normalized spacial score (nSPS) is 18.2. The summed E-state index contributed by atoms with van der Waals surface area (Å²) in [6.45, 7) is 7.58. The van der Waals surface area contributed by atoms with Crippen LogP contribution < -0.4 is 10.1 Å². The Morgan fingerprint density at radius 1 is 1.26 bits per heavy atom. The Morgan fingerprint density at radius 3 is 2.69 bits per heavy atom. The third kappa shape index (κ3) is 3.84. The van der Waals surface area contributed by atoms with Gasteiger partial charge in [-0.25, -0.2) is 18.3 Å². The maximum atomic E-state index is 15.1. The van der Waals surface area contributed by atoms with E-state index in [0.717, 1.165) is 5.82 Å². The monoisotopic (exact) mass is 483 g/mol. The van der Waals surface area contributed by atoms with Crippen LogP contribution in [0.2, 0.25) is 0 Å². The summed E-state index contributed by atoms with van der Waals surface area (Å²) in [5.41, 5.74) is 2.91. The molecule has 0 unspecified atom stereocenters. The topological polar surface area (TPSA) is 89.6 Å². The largest absolute Gasteiger partial charge is 0.479 e. The fraction of sp³-hybridized carbons (Fsp3) is 0.417. The second kappa shape index (κ2) is 8.47. The minimum atomic E-state index is -1.24. The van der Waals surface area contributed by atoms with Crippen LogP contribution in [-0.2, 0) is 4.79 Å². The van der Waals surface area contributed by atoms with Crippen LogP contribution in [0.4, 0.5) is 14.7 Å².